The molecule has 1 heterocycles. The topological polar surface area (TPSA) is 42.6 Å². The molecule has 0 saturated heterocycles. The Labute approximate surface area is 105 Å². The molecular weight excluding hydrogens is 240 g/mol. The summed E-state index contributed by atoms with van der Waals surface area (Å²) in [6, 6.07) is 7.70. The van der Waals surface area contributed by atoms with Gasteiger partial charge in [0.2, 0.25) is 0 Å². The summed E-state index contributed by atoms with van der Waals surface area (Å²) in [5, 5.41) is 10.2. The third kappa shape index (κ3) is 3.00. The molecule has 92 valence electrons. The minimum atomic E-state index is -0.285. The second-order valence-corrected chi connectivity index (χ2v) is 4.48. The smallest absolute Gasteiger partial charge is 0.139 e. The SMILES string of the molecule is CC(Cl)OCCc1cc2cccc(CO)c2o1. The Morgan fingerprint density at radius 2 is 2.29 bits per heavy atom. The van der Waals surface area contributed by atoms with Gasteiger partial charge in [-0.2, -0.15) is 0 Å². The summed E-state index contributed by atoms with van der Waals surface area (Å²) >= 11 is 5.68. The lowest BCUT2D eigenvalue weighted by Crippen LogP contribution is -2.03. The Balaban J connectivity index is 2.14. The van der Waals surface area contributed by atoms with Crippen LogP contribution in [0.15, 0.2) is 28.7 Å². The number of para-hydroxylation sites is 1. The van der Waals surface area contributed by atoms with Crippen molar-refractivity contribution in [1.29, 1.82) is 0 Å². The Kier molecular flexibility index (Phi) is 4.05. The highest BCUT2D eigenvalue weighted by atomic mass is 35.5. The van der Waals surface area contributed by atoms with Crippen LogP contribution in [0, 0.1) is 0 Å². The molecule has 17 heavy (non-hydrogen) atoms. The molecule has 0 aliphatic carbocycles. The largest absolute Gasteiger partial charge is 0.461 e. The summed E-state index contributed by atoms with van der Waals surface area (Å²) in [4.78, 5) is 0. The summed E-state index contributed by atoms with van der Waals surface area (Å²) < 4.78 is 10.9. The first kappa shape index (κ1) is 12.4. The second-order valence-electron chi connectivity index (χ2n) is 3.87. The Hall–Kier alpha value is -1.03. The Morgan fingerprint density at radius 1 is 1.47 bits per heavy atom. The van der Waals surface area contributed by atoms with Crippen molar-refractivity contribution in [1.82, 2.24) is 0 Å². The predicted octanol–water partition coefficient (Wildman–Crippen LogP) is 3.07. The van der Waals surface area contributed by atoms with Crippen LogP contribution in [0.5, 0.6) is 0 Å². The third-order valence-electron chi connectivity index (χ3n) is 2.54. The molecule has 0 spiro atoms. The van der Waals surface area contributed by atoms with Crippen LogP contribution in [0.25, 0.3) is 11.0 Å². The summed E-state index contributed by atoms with van der Waals surface area (Å²) in [5.41, 5.74) is 1.27. The van der Waals surface area contributed by atoms with E-state index >= 15 is 0 Å². The van der Waals surface area contributed by atoms with Gasteiger partial charge in [-0.25, -0.2) is 0 Å². The molecule has 1 N–H and O–H groups in total. The monoisotopic (exact) mass is 254 g/mol. The summed E-state index contributed by atoms with van der Waals surface area (Å²) in [7, 11) is 0. The van der Waals surface area contributed by atoms with E-state index in [1.54, 1.807) is 6.92 Å². The molecule has 0 aliphatic rings. The molecule has 2 aromatic rings. The van der Waals surface area contributed by atoms with Gasteiger partial charge in [0, 0.05) is 17.4 Å². The van der Waals surface area contributed by atoms with Crippen LogP contribution in [0.1, 0.15) is 18.2 Å². The van der Waals surface area contributed by atoms with Crippen molar-refractivity contribution in [2.45, 2.75) is 25.5 Å². The van der Waals surface area contributed by atoms with Gasteiger partial charge in [-0.1, -0.05) is 29.8 Å². The van der Waals surface area contributed by atoms with Crippen LogP contribution in [0.3, 0.4) is 0 Å². The number of ether oxygens (including phenoxy) is 1. The molecule has 0 fully saturated rings. The van der Waals surface area contributed by atoms with Gasteiger partial charge in [0.05, 0.1) is 13.2 Å². The highest BCUT2D eigenvalue weighted by molar-refractivity contribution is 6.19. The van der Waals surface area contributed by atoms with Gasteiger partial charge in [0.15, 0.2) is 0 Å². The molecule has 1 atom stereocenters. The summed E-state index contributed by atoms with van der Waals surface area (Å²) in [5.74, 6) is 0.846. The Morgan fingerprint density at radius 3 is 3.00 bits per heavy atom. The van der Waals surface area contributed by atoms with Gasteiger partial charge in [-0.05, 0) is 13.0 Å². The van der Waals surface area contributed by atoms with Crippen molar-refractivity contribution in [3.05, 3.63) is 35.6 Å². The number of halogens is 1. The molecular formula is C13H15ClO3. The fourth-order valence-electron chi connectivity index (χ4n) is 1.75. The molecule has 0 amide bonds. The van der Waals surface area contributed by atoms with Crippen LogP contribution >= 0.6 is 11.6 Å². The number of alkyl halides is 1. The molecule has 0 saturated carbocycles. The fourth-order valence-corrected chi connectivity index (χ4v) is 1.84. The van der Waals surface area contributed by atoms with Gasteiger partial charge in [0.25, 0.3) is 0 Å². The number of furan rings is 1. The lowest BCUT2D eigenvalue weighted by molar-refractivity contribution is 0.119. The average Bonchev–Trinajstić information content (AvgIpc) is 2.70. The number of hydrogen-bond donors (Lipinski definition) is 1. The maximum absolute atomic E-state index is 9.19. The number of aliphatic hydroxyl groups is 1. The highest BCUT2D eigenvalue weighted by Gasteiger charge is 2.07. The van der Waals surface area contributed by atoms with Crippen LogP contribution in [0.4, 0.5) is 0 Å². The zero-order valence-corrected chi connectivity index (χ0v) is 10.4. The first-order chi connectivity index (χ1) is 8.20. The van der Waals surface area contributed by atoms with Crippen molar-refractivity contribution in [3.63, 3.8) is 0 Å². The van der Waals surface area contributed by atoms with E-state index in [1.165, 1.54) is 0 Å². The van der Waals surface area contributed by atoms with E-state index in [0.29, 0.717) is 13.0 Å². The molecule has 0 radical (unpaired) electrons. The number of rotatable bonds is 5. The minimum Gasteiger partial charge on any atom is -0.461 e. The quantitative estimate of drug-likeness (QED) is 0.834. The first-order valence-corrected chi connectivity index (χ1v) is 6.01. The minimum absolute atomic E-state index is 0.0144. The second kappa shape index (κ2) is 5.54. The molecule has 2 rings (SSSR count). The summed E-state index contributed by atoms with van der Waals surface area (Å²) in [6.07, 6.45) is 0.677. The summed E-state index contributed by atoms with van der Waals surface area (Å²) in [6.45, 7) is 2.29. The predicted molar refractivity (Wildman–Crippen MR) is 67.1 cm³/mol. The van der Waals surface area contributed by atoms with Gasteiger partial charge in [0.1, 0.15) is 16.9 Å². The van der Waals surface area contributed by atoms with Crippen LogP contribution in [0.2, 0.25) is 0 Å². The Bertz CT molecular complexity index is 490. The van der Waals surface area contributed by atoms with Gasteiger partial charge >= 0.3 is 0 Å². The highest BCUT2D eigenvalue weighted by Crippen LogP contribution is 2.23. The van der Waals surface area contributed by atoms with E-state index in [-0.39, 0.29) is 12.2 Å². The average molecular weight is 255 g/mol. The molecule has 4 heteroatoms. The number of fused-ring (bicyclic) bond motifs is 1. The van der Waals surface area contributed by atoms with E-state index in [9.17, 15) is 5.11 Å². The number of hydrogen-bond acceptors (Lipinski definition) is 3. The first-order valence-electron chi connectivity index (χ1n) is 5.57. The lowest BCUT2D eigenvalue weighted by atomic mass is 10.1. The fraction of sp³-hybridized carbons (Fsp3) is 0.385. The standard InChI is InChI=1S/C13H15ClO3/c1-9(14)16-6-5-12-7-10-3-2-4-11(8-15)13(10)17-12/h2-4,7,9,15H,5-6,8H2,1H3. The van der Waals surface area contributed by atoms with Gasteiger partial charge < -0.3 is 14.3 Å². The lowest BCUT2D eigenvalue weighted by Gasteiger charge is -2.03. The van der Waals surface area contributed by atoms with E-state index in [0.717, 1.165) is 22.3 Å². The molecule has 0 bridgehead atoms. The van der Waals surface area contributed by atoms with E-state index < -0.39 is 0 Å². The molecule has 1 aromatic carbocycles. The maximum atomic E-state index is 9.19. The van der Waals surface area contributed by atoms with Crippen LogP contribution in [-0.4, -0.2) is 17.3 Å². The zero-order chi connectivity index (χ0) is 12.3. The van der Waals surface area contributed by atoms with E-state index in [2.05, 4.69) is 0 Å². The van der Waals surface area contributed by atoms with Crippen molar-refractivity contribution in [2.24, 2.45) is 0 Å². The molecule has 1 unspecified atom stereocenters. The maximum Gasteiger partial charge on any atom is 0.139 e. The van der Waals surface area contributed by atoms with Gasteiger partial charge in [-0.3, -0.25) is 0 Å². The molecule has 1 aromatic heterocycles. The van der Waals surface area contributed by atoms with Crippen LogP contribution in [-0.2, 0) is 17.8 Å². The zero-order valence-electron chi connectivity index (χ0n) is 9.65. The van der Waals surface area contributed by atoms with Crippen molar-refractivity contribution in [3.8, 4) is 0 Å². The van der Waals surface area contributed by atoms with E-state index in [4.69, 9.17) is 20.8 Å². The third-order valence-corrected chi connectivity index (χ3v) is 2.67. The normalized spacial score (nSPS) is 13.1. The van der Waals surface area contributed by atoms with E-state index in [1.807, 2.05) is 24.3 Å². The van der Waals surface area contributed by atoms with Crippen LogP contribution < -0.4 is 0 Å². The molecule has 3 nitrogen and oxygen atoms in total. The van der Waals surface area contributed by atoms with Crippen molar-refractivity contribution in [2.75, 3.05) is 6.61 Å². The van der Waals surface area contributed by atoms with Gasteiger partial charge in [-0.15, -0.1) is 0 Å². The number of aliphatic hydroxyl groups excluding tert-OH is 1. The number of benzene rings is 1. The van der Waals surface area contributed by atoms with Crippen molar-refractivity contribution < 1.29 is 14.3 Å². The molecule has 0 aliphatic heterocycles. The van der Waals surface area contributed by atoms with Crippen molar-refractivity contribution >= 4 is 22.6 Å².